The van der Waals surface area contributed by atoms with Crippen molar-refractivity contribution in [1.82, 2.24) is 4.48 Å². The van der Waals surface area contributed by atoms with Crippen LogP contribution >= 0.6 is 0 Å². The van der Waals surface area contributed by atoms with Crippen LogP contribution in [0.2, 0.25) is 0 Å². The summed E-state index contributed by atoms with van der Waals surface area (Å²) in [5.41, 5.74) is 22.6. The predicted octanol–water partition coefficient (Wildman–Crippen LogP) is 16.0. The summed E-state index contributed by atoms with van der Waals surface area (Å²) in [7, 11) is 0. The van der Waals surface area contributed by atoms with Gasteiger partial charge in [-0.25, -0.2) is 0 Å². The Morgan fingerprint density at radius 2 is 1.16 bits per heavy atom. The molecule has 4 heterocycles. The predicted molar refractivity (Wildman–Crippen MR) is 290 cm³/mol. The highest BCUT2D eigenvalue weighted by atomic mass is 16.6. The number of benzene rings is 9. The fraction of sp³-hybridized carbons (Fsp3) is 0.125. The van der Waals surface area contributed by atoms with Crippen LogP contribution in [0.3, 0.4) is 0 Å². The second kappa shape index (κ2) is 14.6. The molecule has 4 aliphatic rings. The smallest absolute Gasteiger partial charge is 0.333 e. The third kappa shape index (κ3) is 5.74. The van der Waals surface area contributed by atoms with Crippen LogP contribution in [0.25, 0.3) is 44.3 Å². The molecule has 0 fully saturated rings. The van der Waals surface area contributed by atoms with Crippen molar-refractivity contribution < 1.29 is 9.47 Å². The highest BCUT2D eigenvalue weighted by molar-refractivity contribution is 6.89. The summed E-state index contributed by atoms with van der Waals surface area (Å²) in [5, 5.41) is 1.26. The van der Waals surface area contributed by atoms with E-state index >= 15 is 0 Å². The molecule has 0 saturated carbocycles. The average molecular weight is 904 g/mol. The van der Waals surface area contributed by atoms with E-state index < -0.39 is 0 Å². The third-order valence-electron chi connectivity index (χ3n) is 15.3. The van der Waals surface area contributed by atoms with E-state index in [0.717, 1.165) is 33.9 Å². The normalized spacial score (nSPS) is 14.1. The Bertz CT molecular complexity index is 3770. The molecule has 70 heavy (non-hydrogen) atoms. The Kier molecular flexibility index (Phi) is 8.54. The first-order chi connectivity index (χ1) is 34.0. The minimum atomic E-state index is -0.348. The molecule has 0 radical (unpaired) electrons. The van der Waals surface area contributed by atoms with Crippen molar-refractivity contribution in [3.8, 4) is 56.4 Å². The van der Waals surface area contributed by atoms with Gasteiger partial charge in [-0.2, -0.15) is 0 Å². The second-order valence-electron chi connectivity index (χ2n) is 21.0. The molecule has 0 spiro atoms. The molecular formula is C64H50BN3O2. The van der Waals surface area contributed by atoms with Gasteiger partial charge in [0.25, 0.3) is 0 Å². The minimum absolute atomic E-state index is 0.0587. The molecule has 10 aromatic rings. The Morgan fingerprint density at radius 1 is 0.529 bits per heavy atom. The maximum atomic E-state index is 6.88. The number of nitrogens with zero attached hydrogens (tertiary/aromatic N) is 3. The molecule has 0 N–H and O–H groups in total. The van der Waals surface area contributed by atoms with E-state index in [-0.39, 0.29) is 17.7 Å². The number of rotatable bonds is 5. The van der Waals surface area contributed by atoms with Gasteiger partial charge in [0.15, 0.2) is 23.0 Å². The van der Waals surface area contributed by atoms with Gasteiger partial charge >= 0.3 is 6.85 Å². The van der Waals surface area contributed by atoms with Crippen molar-refractivity contribution in [1.29, 1.82) is 0 Å². The lowest BCUT2D eigenvalue weighted by Crippen LogP contribution is -2.57. The minimum Gasteiger partial charge on any atom is -0.450 e. The second-order valence-corrected chi connectivity index (χ2v) is 21.0. The summed E-state index contributed by atoms with van der Waals surface area (Å²) in [6.45, 7) is 13.8. The molecule has 0 unspecified atom stereocenters. The molecule has 0 atom stereocenters. The summed E-state index contributed by atoms with van der Waals surface area (Å²) in [6.07, 6.45) is 0. The average Bonchev–Trinajstić information content (AvgIpc) is 3.86. The Balaban J connectivity index is 1.13. The van der Waals surface area contributed by atoms with Crippen molar-refractivity contribution in [2.45, 2.75) is 52.4 Å². The van der Waals surface area contributed by atoms with E-state index in [9.17, 15) is 0 Å². The molecular weight excluding hydrogens is 854 g/mol. The molecule has 14 rings (SSSR count). The topological polar surface area (TPSA) is 29.9 Å². The quantitative estimate of drug-likeness (QED) is 0.161. The summed E-state index contributed by atoms with van der Waals surface area (Å²) in [4.78, 5) is 4.99. The van der Waals surface area contributed by atoms with E-state index in [0.29, 0.717) is 23.0 Å². The van der Waals surface area contributed by atoms with Gasteiger partial charge in [-0.1, -0.05) is 156 Å². The van der Waals surface area contributed by atoms with Crippen molar-refractivity contribution in [2.75, 3.05) is 9.80 Å². The molecule has 0 amide bonds. The first-order valence-corrected chi connectivity index (χ1v) is 24.5. The standard InChI is InChI=1S/C64H50BN3O2/c1-39-34-47-44-31-33-51(66(42-22-12-8-13-23-42)43-24-14-9-15-25-43)59-58-45-26-16-17-27-48(45)64(5,6)62(58)68(61(44)59)65-49-37-56-57(70-55-29-19-18-28-54(55)69-56)38-52(49)67(53(35-39)60(47)65)50-32-30-41(63(2,3)4)36-46(50)40-20-10-7-11-21-40/h7-38H,1-6H3. The largest absolute Gasteiger partial charge is 0.450 e. The van der Waals surface area contributed by atoms with Gasteiger partial charge in [0.1, 0.15) is 0 Å². The fourth-order valence-corrected chi connectivity index (χ4v) is 12.2. The van der Waals surface area contributed by atoms with Gasteiger partial charge in [-0.15, -0.1) is 0 Å². The van der Waals surface area contributed by atoms with Crippen molar-refractivity contribution in [3.05, 3.63) is 217 Å². The molecule has 3 aliphatic heterocycles. The molecule has 6 heteroatoms. The zero-order chi connectivity index (χ0) is 47.2. The van der Waals surface area contributed by atoms with Gasteiger partial charge in [-0.3, -0.25) is 0 Å². The van der Waals surface area contributed by atoms with Crippen LogP contribution in [0, 0.1) is 6.92 Å². The summed E-state index contributed by atoms with van der Waals surface area (Å²) in [5.74, 6) is 2.83. The lowest BCUT2D eigenvalue weighted by Gasteiger charge is -2.43. The SMILES string of the molecule is Cc1cc2c3c(c1)N(c1ccc(C(C)(C)C)cc1-c1ccccc1)c1cc4c(cc1B3n1c3c(c5c(N(c6ccccc6)c6ccccc6)ccc-2c51)-c1ccccc1C3(C)C)Oc1ccccc1O4. The fourth-order valence-electron chi connectivity index (χ4n) is 12.2. The van der Waals surface area contributed by atoms with E-state index in [1.807, 2.05) is 24.3 Å². The van der Waals surface area contributed by atoms with Crippen LogP contribution in [0.5, 0.6) is 23.0 Å². The van der Waals surface area contributed by atoms with E-state index in [2.05, 4.69) is 226 Å². The number of ether oxygens (including phenoxy) is 2. The first-order valence-electron chi connectivity index (χ1n) is 24.5. The lowest BCUT2D eigenvalue weighted by atomic mass is 9.44. The number of fused-ring (bicyclic) bond motifs is 11. The number of hydrogen-bond donors (Lipinski definition) is 0. The van der Waals surface area contributed by atoms with Crippen LogP contribution in [0.4, 0.5) is 34.1 Å². The van der Waals surface area contributed by atoms with Crippen LogP contribution in [-0.4, -0.2) is 11.3 Å². The lowest BCUT2D eigenvalue weighted by molar-refractivity contribution is 0.360. The van der Waals surface area contributed by atoms with Gasteiger partial charge in [0.05, 0.1) is 11.4 Å². The van der Waals surface area contributed by atoms with E-state index in [4.69, 9.17) is 9.47 Å². The molecule has 0 bridgehead atoms. The molecule has 9 aromatic carbocycles. The molecule has 336 valence electrons. The molecule has 5 nitrogen and oxygen atoms in total. The number of anilines is 6. The number of hydrogen-bond acceptors (Lipinski definition) is 4. The zero-order valence-corrected chi connectivity index (χ0v) is 40.2. The van der Waals surface area contributed by atoms with Crippen LogP contribution in [0.1, 0.15) is 57.0 Å². The summed E-state index contributed by atoms with van der Waals surface area (Å²) >= 11 is 0. The zero-order valence-electron chi connectivity index (χ0n) is 40.2. The maximum Gasteiger partial charge on any atom is 0.333 e. The van der Waals surface area contributed by atoms with Gasteiger partial charge < -0.3 is 23.8 Å². The number of aromatic nitrogens is 1. The Hall–Kier alpha value is -8.22. The highest BCUT2D eigenvalue weighted by Crippen LogP contribution is 2.59. The van der Waals surface area contributed by atoms with Gasteiger partial charge in [0.2, 0.25) is 0 Å². The molecule has 1 aliphatic carbocycles. The first kappa shape index (κ1) is 40.8. The Labute approximate surface area is 409 Å². The summed E-state index contributed by atoms with van der Waals surface area (Å²) < 4.78 is 16.5. The van der Waals surface area contributed by atoms with Crippen LogP contribution < -0.4 is 30.2 Å². The highest BCUT2D eigenvalue weighted by Gasteiger charge is 2.50. The van der Waals surface area contributed by atoms with Crippen LogP contribution in [-0.2, 0) is 10.8 Å². The monoisotopic (exact) mass is 903 g/mol. The summed E-state index contributed by atoms with van der Waals surface area (Å²) in [6, 6.07) is 71.0. The molecule has 1 aromatic heterocycles. The maximum absolute atomic E-state index is 6.88. The third-order valence-corrected chi connectivity index (χ3v) is 15.3. The van der Waals surface area contributed by atoms with Gasteiger partial charge in [0, 0.05) is 67.5 Å². The van der Waals surface area contributed by atoms with Crippen molar-refractivity contribution in [3.63, 3.8) is 0 Å². The van der Waals surface area contributed by atoms with E-state index in [1.54, 1.807) is 0 Å². The Morgan fingerprint density at radius 3 is 1.84 bits per heavy atom. The van der Waals surface area contributed by atoms with Crippen LogP contribution in [0.15, 0.2) is 194 Å². The number of aryl methyl sites for hydroxylation is 1. The van der Waals surface area contributed by atoms with E-state index in [1.165, 1.54) is 77.8 Å². The van der Waals surface area contributed by atoms with Crippen molar-refractivity contribution >= 4 is 62.8 Å². The van der Waals surface area contributed by atoms with Gasteiger partial charge in [-0.05, 0) is 123 Å². The van der Waals surface area contributed by atoms with Crippen molar-refractivity contribution in [2.24, 2.45) is 0 Å². The number of para-hydroxylation sites is 4. The molecule has 0 saturated heterocycles.